The molecule has 0 spiro atoms. The Morgan fingerprint density at radius 3 is 2.45 bits per heavy atom. The van der Waals surface area contributed by atoms with Crippen LogP contribution in [0.1, 0.15) is 23.4 Å². The van der Waals surface area contributed by atoms with Crippen molar-refractivity contribution in [2.75, 3.05) is 31.1 Å². The Hall–Kier alpha value is -3.23. The van der Waals surface area contributed by atoms with Crippen molar-refractivity contribution in [2.24, 2.45) is 0 Å². The van der Waals surface area contributed by atoms with Gasteiger partial charge >= 0.3 is 11.8 Å². The van der Waals surface area contributed by atoms with Crippen molar-refractivity contribution in [1.29, 1.82) is 0 Å². The van der Waals surface area contributed by atoms with Crippen LogP contribution in [0.2, 0.25) is 0 Å². The fraction of sp³-hybridized carbons (Fsp3) is 0.320. The van der Waals surface area contributed by atoms with E-state index in [1.54, 1.807) is 29.8 Å². The Labute approximate surface area is 198 Å². The van der Waals surface area contributed by atoms with Gasteiger partial charge in [-0.15, -0.1) is 11.3 Å². The van der Waals surface area contributed by atoms with Crippen LogP contribution in [0, 0.1) is 0 Å². The molecule has 1 fully saturated rings. The summed E-state index contributed by atoms with van der Waals surface area (Å²) in [5, 5.41) is 7.66. The van der Waals surface area contributed by atoms with E-state index in [0.29, 0.717) is 0 Å². The summed E-state index contributed by atoms with van der Waals surface area (Å²) in [6.07, 6.45) is 3.34. The van der Waals surface area contributed by atoms with Gasteiger partial charge in [-0.05, 0) is 42.1 Å². The Kier molecular flexibility index (Phi) is 7.70. The average Bonchev–Trinajstić information content (AvgIpc) is 3.38. The molecule has 0 bridgehead atoms. The normalized spacial score (nSPS) is 16.1. The summed E-state index contributed by atoms with van der Waals surface area (Å²) in [7, 11) is 0. The van der Waals surface area contributed by atoms with E-state index in [4.69, 9.17) is 0 Å². The van der Waals surface area contributed by atoms with Crippen LogP contribution < -0.4 is 15.5 Å². The molecule has 0 aliphatic carbocycles. The fourth-order valence-electron chi connectivity index (χ4n) is 4.22. The van der Waals surface area contributed by atoms with Crippen LogP contribution in [0.3, 0.4) is 0 Å². The number of rotatable bonds is 7. The number of piperazine rings is 1. The highest BCUT2D eigenvalue weighted by molar-refractivity contribution is 7.10. The molecule has 2 atom stereocenters. The molecule has 2 N–H and O–H groups in total. The summed E-state index contributed by atoms with van der Waals surface area (Å²) in [6, 6.07) is 18.0. The van der Waals surface area contributed by atoms with Gasteiger partial charge in [0.05, 0.1) is 6.04 Å². The van der Waals surface area contributed by atoms with E-state index >= 15 is 0 Å². The van der Waals surface area contributed by atoms with E-state index in [1.165, 1.54) is 10.6 Å². The molecular weight excluding hydrogens is 434 g/mol. The molecular formula is C25H29N5O2S. The number of benzene rings is 1. The number of pyridine rings is 1. The number of anilines is 1. The van der Waals surface area contributed by atoms with E-state index in [1.807, 2.05) is 25.1 Å². The average molecular weight is 464 g/mol. The van der Waals surface area contributed by atoms with Crippen molar-refractivity contribution in [2.45, 2.75) is 25.6 Å². The number of thiophene rings is 1. The zero-order valence-electron chi connectivity index (χ0n) is 18.7. The fourth-order valence-corrected chi connectivity index (χ4v) is 5.18. The summed E-state index contributed by atoms with van der Waals surface area (Å²) >= 11 is 1.68. The van der Waals surface area contributed by atoms with Crippen molar-refractivity contribution in [3.05, 3.63) is 82.8 Å². The van der Waals surface area contributed by atoms with Crippen LogP contribution in [0.15, 0.2) is 72.4 Å². The van der Waals surface area contributed by atoms with Gasteiger partial charge in [-0.1, -0.05) is 30.3 Å². The third-order valence-corrected chi connectivity index (χ3v) is 6.82. The van der Waals surface area contributed by atoms with Crippen molar-refractivity contribution in [3.63, 3.8) is 0 Å². The standard InChI is InChI=1S/C25H29N5O2S/c1-19(28-25(32)24(31)27-18-20-7-5-11-26-17-20)23(22-10-6-16-33-22)30-14-12-29(13-15-30)21-8-3-2-4-9-21/h2-11,16-17,19,23H,12-15,18H2,1H3,(H,27,31)(H,28,32)/t19-,23+/m1/s1. The first kappa shape index (κ1) is 22.9. The Bertz CT molecular complexity index is 1020. The summed E-state index contributed by atoms with van der Waals surface area (Å²) in [5.41, 5.74) is 2.08. The molecule has 1 aliphatic heterocycles. The minimum Gasteiger partial charge on any atom is -0.369 e. The topological polar surface area (TPSA) is 77.6 Å². The number of hydrogen-bond donors (Lipinski definition) is 2. The first-order valence-electron chi connectivity index (χ1n) is 11.2. The van der Waals surface area contributed by atoms with Crippen molar-refractivity contribution >= 4 is 28.8 Å². The summed E-state index contributed by atoms with van der Waals surface area (Å²) < 4.78 is 0. The Morgan fingerprint density at radius 2 is 1.79 bits per heavy atom. The van der Waals surface area contributed by atoms with Crippen LogP contribution >= 0.6 is 11.3 Å². The number of carbonyl (C=O) groups is 2. The minimum absolute atomic E-state index is 0.0120. The molecule has 8 heteroatoms. The summed E-state index contributed by atoms with van der Waals surface area (Å²) in [4.78, 5) is 35.0. The highest BCUT2D eigenvalue weighted by Crippen LogP contribution is 2.30. The molecule has 7 nitrogen and oxygen atoms in total. The predicted octanol–water partition coefficient (Wildman–Crippen LogP) is 2.83. The first-order chi connectivity index (χ1) is 16.1. The van der Waals surface area contributed by atoms with Crippen molar-refractivity contribution in [3.8, 4) is 0 Å². The van der Waals surface area contributed by atoms with E-state index in [9.17, 15) is 9.59 Å². The molecule has 4 rings (SSSR count). The Morgan fingerprint density at radius 1 is 1.00 bits per heavy atom. The second kappa shape index (κ2) is 11.1. The van der Waals surface area contributed by atoms with E-state index < -0.39 is 11.8 Å². The molecule has 2 aromatic heterocycles. The third-order valence-electron chi connectivity index (χ3n) is 5.88. The molecule has 172 valence electrons. The number of amides is 2. The molecule has 3 heterocycles. The summed E-state index contributed by atoms with van der Waals surface area (Å²) in [6.45, 7) is 5.83. The third kappa shape index (κ3) is 5.97. The second-order valence-electron chi connectivity index (χ2n) is 8.12. The molecule has 1 saturated heterocycles. The quantitative estimate of drug-likeness (QED) is 0.527. The van der Waals surface area contributed by atoms with E-state index in [0.717, 1.165) is 31.7 Å². The maximum absolute atomic E-state index is 12.6. The molecule has 0 saturated carbocycles. The monoisotopic (exact) mass is 463 g/mol. The molecule has 0 unspecified atom stereocenters. The zero-order valence-corrected chi connectivity index (χ0v) is 19.5. The molecule has 0 radical (unpaired) electrons. The number of carbonyl (C=O) groups excluding carboxylic acids is 2. The van der Waals surface area contributed by atoms with Gasteiger partial charge < -0.3 is 15.5 Å². The van der Waals surface area contributed by atoms with Crippen LogP contribution in [-0.2, 0) is 16.1 Å². The molecule has 3 aromatic rings. The number of aromatic nitrogens is 1. The van der Waals surface area contributed by atoms with Gasteiger partial charge in [-0.3, -0.25) is 19.5 Å². The van der Waals surface area contributed by atoms with Crippen LogP contribution in [0.4, 0.5) is 5.69 Å². The smallest absolute Gasteiger partial charge is 0.309 e. The van der Waals surface area contributed by atoms with Gasteiger partial charge in [0.1, 0.15) is 0 Å². The minimum atomic E-state index is -0.635. The highest BCUT2D eigenvalue weighted by Gasteiger charge is 2.31. The van der Waals surface area contributed by atoms with Gasteiger partial charge in [0.25, 0.3) is 0 Å². The van der Waals surface area contributed by atoms with Gasteiger partial charge in [0.15, 0.2) is 0 Å². The lowest BCUT2D eigenvalue weighted by atomic mass is 10.0. The first-order valence-corrected chi connectivity index (χ1v) is 12.0. The molecule has 1 aliphatic rings. The van der Waals surface area contributed by atoms with Gasteiger partial charge in [0.2, 0.25) is 0 Å². The predicted molar refractivity (Wildman–Crippen MR) is 131 cm³/mol. The maximum atomic E-state index is 12.6. The summed E-state index contributed by atoms with van der Waals surface area (Å²) in [5.74, 6) is -1.25. The maximum Gasteiger partial charge on any atom is 0.309 e. The lowest BCUT2D eigenvalue weighted by Crippen LogP contribution is -2.53. The van der Waals surface area contributed by atoms with Crippen LogP contribution in [0.5, 0.6) is 0 Å². The lowest BCUT2D eigenvalue weighted by molar-refractivity contribution is -0.140. The number of nitrogens with zero attached hydrogens (tertiary/aromatic N) is 3. The number of para-hydroxylation sites is 1. The van der Waals surface area contributed by atoms with Gasteiger partial charge in [-0.25, -0.2) is 0 Å². The van der Waals surface area contributed by atoms with Gasteiger partial charge in [0, 0.05) is 61.7 Å². The SMILES string of the molecule is C[C@@H](NC(=O)C(=O)NCc1cccnc1)[C@@H](c1cccs1)N1CCN(c2ccccc2)CC1. The van der Waals surface area contributed by atoms with Gasteiger partial charge in [-0.2, -0.15) is 0 Å². The molecule has 1 aromatic carbocycles. The largest absolute Gasteiger partial charge is 0.369 e. The van der Waals surface area contributed by atoms with Crippen molar-refractivity contribution < 1.29 is 9.59 Å². The second-order valence-corrected chi connectivity index (χ2v) is 9.10. The zero-order chi connectivity index (χ0) is 23.0. The van der Waals surface area contributed by atoms with E-state index in [2.05, 4.69) is 61.1 Å². The van der Waals surface area contributed by atoms with E-state index in [-0.39, 0.29) is 18.6 Å². The molecule has 33 heavy (non-hydrogen) atoms. The number of hydrogen-bond acceptors (Lipinski definition) is 6. The Balaban J connectivity index is 1.37. The highest BCUT2D eigenvalue weighted by atomic mass is 32.1. The molecule has 2 amide bonds. The van der Waals surface area contributed by atoms with Crippen molar-refractivity contribution in [1.82, 2.24) is 20.5 Å². The lowest BCUT2D eigenvalue weighted by Gasteiger charge is -2.42. The van der Waals surface area contributed by atoms with Crippen LogP contribution in [0.25, 0.3) is 0 Å². The number of nitrogens with one attached hydrogen (secondary N) is 2. The van der Waals surface area contributed by atoms with Crippen LogP contribution in [-0.4, -0.2) is 53.9 Å².